The Balaban J connectivity index is 1.71. The van der Waals surface area contributed by atoms with Crippen LogP contribution in [0.2, 0.25) is 5.15 Å². The second-order valence-corrected chi connectivity index (χ2v) is 7.98. The predicted molar refractivity (Wildman–Crippen MR) is 105 cm³/mol. The van der Waals surface area contributed by atoms with Crippen LogP contribution in [-0.4, -0.2) is 36.5 Å². The summed E-state index contributed by atoms with van der Waals surface area (Å²) >= 11 is 7.21. The average Bonchev–Trinajstić information content (AvgIpc) is 3.02. The SMILES string of the molecule is COC(=O)c1c(NC(=O)COC(=O)c2cccnc2Cl)sc2c1CCC(C)C2. The van der Waals surface area contributed by atoms with Crippen LogP contribution in [0.4, 0.5) is 5.00 Å². The Morgan fingerprint density at radius 1 is 1.36 bits per heavy atom. The number of rotatable bonds is 5. The van der Waals surface area contributed by atoms with Crippen molar-refractivity contribution in [1.82, 2.24) is 4.98 Å². The summed E-state index contributed by atoms with van der Waals surface area (Å²) in [6.07, 6.45) is 4.04. The van der Waals surface area contributed by atoms with Crippen LogP contribution in [0.5, 0.6) is 0 Å². The maximum atomic E-state index is 12.3. The van der Waals surface area contributed by atoms with Crippen molar-refractivity contribution in [3.8, 4) is 0 Å². The Labute approximate surface area is 171 Å². The minimum absolute atomic E-state index is 0.000868. The molecule has 7 nitrogen and oxygen atoms in total. The van der Waals surface area contributed by atoms with E-state index in [0.29, 0.717) is 16.5 Å². The zero-order valence-electron chi connectivity index (χ0n) is 15.4. The number of fused-ring (bicyclic) bond motifs is 1. The smallest absolute Gasteiger partial charge is 0.341 e. The molecule has 9 heteroatoms. The molecule has 1 unspecified atom stereocenters. The van der Waals surface area contributed by atoms with E-state index in [4.69, 9.17) is 21.1 Å². The van der Waals surface area contributed by atoms with Crippen molar-refractivity contribution in [2.24, 2.45) is 5.92 Å². The number of hydrogen-bond donors (Lipinski definition) is 1. The minimum atomic E-state index is -0.749. The van der Waals surface area contributed by atoms with Gasteiger partial charge in [-0.3, -0.25) is 4.79 Å². The van der Waals surface area contributed by atoms with Crippen molar-refractivity contribution >= 4 is 45.8 Å². The summed E-state index contributed by atoms with van der Waals surface area (Å²) in [5.74, 6) is -1.27. The molecule has 0 saturated heterocycles. The molecule has 0 aliphatic heterocycles. The summed E-state index contributed by atoms with van der Waals surface area (Å²) in [4.78, 5) is 41.4. The normalized spacial score (nSPS) is 15.5. The molecule has 0 bridgehead atoms. The highest BCUT2D eigenvalue weighted by Crippen LogP contribution is 2.40. The van der Waals surface area contributed by atoms with Gasteiger partial charge in [-0.15, -0.1) is 11.3 Å². The first-order valence-electron chi connectivity index (χ1n) is 8.71. The molecule has 1 amide bonds. The lowest BCUT2D eigenvalue weighted by atomic mass is 9.88. The zero-order valence-corrected chi connectivity index (χ0v) is 17.0. The van der Waals surface area contributed by atoms with Crippen molar-refractivity contribution in [1.29, 1.82) is 0 Å². The third-order valence-electron chi connectivity index (χ3n) is 4.47. The van der Waals surface area contributed by atoms with Crippen LogP contribution >= 0.6 is 22.9 Å². The number of amides is 1. The molecule has 0 aromatic carbocycles. The van der Waals surface area contributed by atoms with E-state index in [-0.39, 0.29) is 10.7 Å². The number of aromatic nitrogens is 1. The minimum Gasteiger partial charge on any atom is -0.465 e. The fourth-order valence-electron chi connectivity index (χ4n) is 3.07. The number of nitrogens with one attached hydrogen (secondary N) is 1. The number of carbonyl (C=O) groups excluding carboxylic acids is 3. The number of nitrogens with zero attached hydrogens (tertiary/aromatic N) is 1. The summed E-state index contributed by atoms with van der Waals surface area (Å²) in [5.41, 5.74) is 1.40. The highest BCUT2D eigenvalue weighted by Gasteiger charge is 2.29. The van der Waals surface area contributed by atoms with Crippen molar-refractivity contribution in [2.45, 2.75) is 26.2 Å². The van der Waals surface area contributed by atoms with Crippen molar-refractivity contribution in [3.05, 3.63) is 45.1 Å². The van der Waals surface area contributed by atoms with Gasteiger partial charge in [0.2, 0.25) is 0 Å². The van der Waals surface area contributed by atoms with Crippen molar-refractivity contribution in [2.75, 3.05) is 19.0 Å². The molecule has 0 saturated carbocycles. The molecule has 2 aromatic rings. The lowest BCUT2D eigenvalue weighted by molar-refractivity contribution is -0.119. The molecule has 1 N–H and O–H groups in total. The number of ether oxygens (including phenoxy) is 2. The van der Waals surface area contributed by atoms with Crippen LogP contribution in [-0.2, 0) is 27.1 Å². The summed E-state index contributed by atoms with van der Waals surface area (Å²) in [5, 5.41) is 3.10. The van der Waals surface area contributed by atoms with Gasteiger partial charge in [0.1, 0.15) is 10.2 Å². The number of methoxy groups -OCH3 is 1. The highest BCUT2D eigenvalue weighted by atomic mass is 35.5. The molecule has 1 aliphatic carbocycles. The lowest BCUT2D eigenvalue weighted by Crippen LogP contribution is -2.22. The van der Waals surface area contributed by atoms with Gasteiger partial charge in [-0.2, -0.15) is 0 Å². The molecule has 28 heavy (non-hydrogen) atoms. The van der Waals surface area contributed by atoms with E-state index < -0.39 is 24.5 Å². The van der Waals surface area contributed by atoms with Crippen molar-refractivity contribution in [3.63, 3.8) is 0 Å². The van der Waals surface area contributed by atoms with Crippen LogP contribution in [0, 0.1) is 5.92 Å². The zero-order chi connectivity index (χ0) is 20.3. The van der Waals surface area contributed by atoms with Gasteiger partial charge in [0.05, 0.1) is 18.2 Å². The first kappa shape index (κ1) is 20.3. The standard InChI is InChI=1S/C19H19ClN2O5S/c1-10-5-6-11-13(8-10)28-17(15(11)19(25)26-2)22-14(23)9-27-18(24)12-4-3-7-21-16(12)20/h3-4,7,10H,5-6,8-9H2,1-2H3,(H,22,23). The summed E-state index contributed by atoms with van der Waals surface area (Å²) < 4.78 is 9.89. The molecule has 0 spiro atoms. The maximum Gasteiger partial charge on any atom is 0.341 e. The topological polar surface area (TPSA) is 94.6 Å². The van der Waals surface area contributed by atoms with Gasteiger partial charge in [-0.25, -0.2) is 14.6 Å². The molecular formula is C19H19ClN2O5S. The van der Waals surface area contributed by atoms with Crippen LogP contribution in [0.25, 0.3) is 0 Å². The first-order valence-corrected chi connectivity index (χ1v) is 9.90. The van der Waals surface area contributed by atoms with Gasteiger partial charge in [-0.05, 0) is 42.9 Å². The Bertz CT molecular complexity index is 927. The summed E-state index contributed by atoms with van der Waals surface area (Å²) in [6, 6.07) is 3.00. The number of anilines is 1. The Morgan fingerprint density at radius 2 is 2.14 bits per heavy atom. The second-order valence-electron chi connectivity index (χ2n) is 6.51. The fourth-order valence-corrected chi connectivity index (χ4v) is 4.68. The van der Waals surface area contributed by atoms with E-state index in [1.807, 2.05) is 0 Å². The van der Waals surface area contributed by atoms with Crippen molar-refractivity contribution < 1.29 is 23.9 Å². The van der Waals surface area contributed by atoms with E-state index >= 15 is 0 Å². The molecular weight excluding hydrogens is 404 g/mol. The number of carbonyl (C=O) groups is 3. The molecule has 1 aliphatic rings. The van der Waals surface area contributed by atoms with Crippen LogP contribution in [0.15, 0.2) is 18.3 Å². The van der Waals surface area contributed by atoms with Gasteiger partial charge in [-0.1, -0.05) is 18.5 Å². The molecule has 0 radical (unpaired) electrons. The molecule has 148 valence electrons. The van der Waals surface area contributed by atoms with Gasteiger partial charge in [0.25, 0.3) is 5.91 Å². The summed E-state index contributed by atoms with van der Waals surface area (Å²) in [7, 11) is 1.31. The monoisotopic (exact) mass is 422 g/mol. The number of halogens is 1. The molecule has 3 rings (SSSR count). The largest absolute Gasteiger partial charge is 0.465 e. The Kier molecular flexibility index (Phi) is 6.31. The Morgan fingerprint density at radius 3 is 2.86 bits per heavy atom. The third-order valence-corrected chi connectivity index (χ3v) is 5.94. The van der Waals surface area contributed by atoms with E-state index in [0.717, 1.165) is 29.7 Å². The van der Waals surface area contributed by atoms with Gasteiger partial charge < -0.3 is 14.8 Å². The van der Waals surface area contributed by atoms with Gasteiger partial charge in [0, 0.05) is 11.1 Å². The molecule has 2 heterocycles. The molecule has 2 aromatic heterocycles. The van der Waals surface area contributed by atoms with Crippen LogP contribution in [0.3, 0.4) is 0 Å². The molecule has 1 atom stereocenters. The third kappa shape index (κ3) is 4.34. The first-order chi connectivity index (χ1) is 13.4. The maximum absolute atomic E-state index is 12.3. The van der Waals surface area contributed by atoms with Gasteiger partial charge >= 0.3 is 11.9 Å². The number of hydrogen-bond acceptors (Lipinski definition) is 7. The number of thiophene rings is 1. The van der Waals surface area contributed by atoms with Gasteiger partial charge in [0.15, 0.2) is 6.61 Å². The lowest BCUT2D eigenvalue weighted by Gasteiger charge is -2.18. The fraction of sp³-hybridized carbons (Fsp3) is 0.368. The second kappa shape index (κ2) is 8.70. The quantitative estimate of drug-likeness (QED) is 0.585. The molecule has 0 fully saturated rings. The Hall–Kier alpha value is -2.45. The van der Waals surface area contributed by atoms with Crippen LogP contribution in [0.1, 0.15) is 44.5 Å². The number of esters is 2. The van der Waals surface area contributed by atoms with E-state index in [2.05, 4.69) is 17.2 Å². The average molecular weight is 423 g/mol. The number of pyridine rings is 1. The van der Waals surface area contributed by atoms with E-state index in [1.54, 1.807) is 6.07 Å². The van der Waals surface area contributed by atoms with Crippen LogP contribution < -0.4 is 5.32 Å². The van der Waals surface area contributed by atoms with E-state index in [1.165, 1.54) is 30.7 Å². The summed E-state index contributed by atoms with van der Waals surface area (Å²) in [6.45, 7) is 1.64. The predicted octanol–water partition coefficient (Wildman–Crippen LogP) is 3.50. The highest BCUT2D eigenvalue weighted by molar-refractivity contribution is 7.17. The van der Waals surface area contributed by atoms with E-state index in [9.17, 15) is 14.4 Å².